The van der Waals surface area contributed by atoms with Crippen molar-refractivity contribution in [3.8, 4) is 5.75 Å². The number of carbonyl (C=O) groups excluding carboxylic acids is 2. The number of carbonyl (C=O) groups is 2. The van der Waals surface area contributed by atoms with Crippen LogP contribution < -0.4 is 4.74 Å². The molecule has 2 aromatic rings. The second kappa shape index (κ2) is 9.30. The lowest BCUT2D eigenvalue weighted by atomic mass is 10.1. The topological polar surface area (TPSA) is 55.8 Å². The van der Waals surface area contributed by atoms with Gasteiger partial charge in [0.1, 0.15) is 18.5 Å². The second-order valence-corrected chi connectivity index (χ2v) is 7.61. The Balaban J connectivity index is 1.40. The zero-order valence-electron chi connectivity index (χ0n) is 17.2. The van der Waals surface area contributed by atoms with Gasteiger partial charge in [0, 0.05) is 30.2 Å². The molecule has 2 aromatic carbocycles. The van der Waals surface area contributed by atoms with Crippen LogP contribution in [0, 0.1) is 29.1 Å². The van der Waals surface area contributed by atoms with Crippen LogP contribution in [0.3, 0.4) is 0 Å². The number of ether oxygens (including phenoxy) is 2. The molecule has 0 saturated carbocycles. The number of morpholine rings is 1. The highest BCUT2D eigenvalue weighted by Crippen LogP contribution is 2.30. The van der Waals surface area contributed by atoms with Gasteiger partial charge < -0.3 is 14.4 Å². The van der Waals surface area contributed by atoms with Crippen molar-refractivity contribution in [2.24, 2.45) is 0 Å². The molecular formula is C23H18F5NO4. The van der Waals surface area contributed by atoms with Crippen molar-refractivity contribution in [1.29, 1.82) is 0 Å². The molecule has 1 heterocycles. The van der Waals surface area contributed by atoms with Crippen LogP contribution in [0.2, 0.25) is 0 Å². The minimum Gasteiger partial charge on any atom is -0.491 e. The summed E-state index contributed by atoms with van der Waals surface area (Å²) in [6, 6.07) is 5.21. The number of hydrogen-bond acceptors (Lipinski definition) is 4. The Hall–Kier alpha value is -3.27. The van der Waals surface area contributed by atoms with E-state index in [0.717, 1.165) is 11.6 Å². The summed E-state index contributed by atoms with van der Waals surface area (Å²) in [5.74, 6) is -10.5. The van der Waals surface area contributed by atoms with Crippen LogP contribution >= 0.6 is 0 Å². The Kier molecular flexibility index (Phi) is 6.46. The van der Waals surface area contributed by atoms with E-state index in [0.29, 0.717) is 30.2 Å². The maximum absolute atomic E-state index is 13.8. The maximum Gasteiger partial charge on any atom is 0.246 e. The monoisotopic (exact) mass is 467 g/mol. The average molecular weight is 467 g/mol. The molecule has 1 aliphatic carbocycles. The van der Waals surface area contributed by atoms with E-state index in [1.807, 2.05) is 0 Å². The first kappa shape index (κ1) is 22.9. The molecule has 1 saturated heterocycles. The summed E-state index contributed by atoms with van der Waals surface area (Å²) in [7, 11) is 0. The fourth-order valence-corrected chi connectivity index (χ4v) is 3.82. The Labute approximate surface area is 185 Å². The number of benzene rings is 2. The van der Waals surface area contributed by atoms with Gasteiger partial charge in [0.15, 0.2) is 29.1 Å². The second-order valence-electron chi connectivity index (χ2n) is 7.61. The highest BCUT2D eigenvalue weighted by atomic mass is 19.2. The summed E-state index contributed by atoms with van der Waals surface area (Å²) in [5, 5.41) is 0. The number of Topliss-reactive ketones (excluding diaryl/α,β-unsaturated/α-hetero) is 1. The molecule has 2 aliphatic rings. The number of ketones is 1. The van der Waals surface area contributed by atoms with Crippen molar-refractivity contribution in [2.75, 3.05) is 26.3 Å². The fraction of sp³-hybridized carbons (Fsp3) is 0.304. The van der Waals surface area contributed by atoms with Crippen molar-refractivity contribution in [1.82, 2.24) is 4.90 Å². The molecule has 0 spiro atoms. The van der Waals surface area contributed by atoms with Gasteiger partial charge in [-0.05, 0) is 18.6 Å². The van der Waals surface area contributed by atoms with E-state index >= 15 is 0 Å². The number of amides is 1. The summed E-state index contributed by atoms with van der Waals surface area (Å²) in [6.45, 7) is 0.525. The van der Waals surface area contributed by atoms with Gasteiger partial charge >= 0.3 is 0 Å². The van der Waals surface area contributed by atoms with Crippen LogP contribution in [0.25, 0.3) is 6.08 Å². The van der Waals surface area contributed by atoms with Gasteiger partial charge in [-0.15, -0.1) is 0 Å². The van der Waals surface area contributed by atoms with E-state index in [1.165, 1.54) is 4.90 Å². The Morgan fingerprint density at radius 2 is 1.76 bits per heavy atom. The number of hydrogen-bond donors (Lipinski definition) is 0. The van der Waals surface area contributed by atoms with E-state index < -0.39 is 46.7 Å². The van der Waals surface area contributed by atoms with Gasteiger partial charge in [0.25, 0.3) is 0 Å². The van der Waals surface area contributed by atoms with Crippen molar-refractivity contribution in [3.63, 3.8) is 0 Å². The molecule has 5 nitrogen and oxygen atoms in total. The lowest BCUT2D eigenvalue weighted by Gasteiger charge is -2.32. The smallest absolute Gasteiger partial charge is 0.246 e. The SMILES string of the molecule is O=C1CCc2c(OCC3CN(C(=O)C=Cc4c(F)c(F)c(F)c(F)c4F)CCO3)cccc21. The van der Waals surface area contributed by atoms with E-state index in [4.69, 9.17) is 9.47 Å². The molecule has 1 aliphatic heterocycles. The van der Waals surface area contributed by atoms with Crippen molar-refractivity contribution in [3.05, 3.63) is 70.1 Å². The van der Waals surface area contributed by atoms with Crippen LogP contribution in [0.5, 0.6) is 5.75 Å². The zero-order chi connectivity index (χ0) is 23.7. The third-order valence-electron chi connectivity index (χ3n) is 5.55. The van der Waals surface area contributed by atoms with Crippen LogP contribution in [0.15, 0.2) is 24.3 Å². The van der Waals surface area contributed by atoms with E-state index in [2.05, 4.69) is 0 Å². The predicted octanol–water partition coefficient (Wildman–Crippen LogP) is 3.83. The lowest BCUT2D eigenvalue weighted by molar-refractivity contribution is -0.134. The molecule has 1 atom stereocenters. The predicted molar refractivity (Wildman–Crippen MR) is 106 cm³/mol. The van der Waals surface area contributed by atoms with Gasteiger partial charge in [-0.3, -0.25) is 9.59 Å². The molecule has 4 rings (SSSR count). The Morgan fingerprint density at radius 1 is 1.06 bits per heavy atom. The molecule has 1 fully saturated rings. The summed E-state index contributed by atoms with van der Waals surface area (Å²) in [6.07, 6.45) is 1.80. The molecular weight excluding hydrogens is 449 g/mol. The van der Waals surface area contributed by atoms with Crippen LogP contribution in [0.1, 0.15) is 27.9 Å². The maximum atomic E-state index is 13.8. The van der Waals surface area contributed by atoms with Crippen molar-refractivity contribution < 1.29 is 41.0 Å². The minimum atomic E-state index is -2.27. The Morgan fingerprint density at radius 3 is 2.48 bits per heavy atom. The molecule has 33 heavy (non-hydrogen) atoms. The molecule has 0 bridgehead atoms. The van der Waals surface area contributed by atoms with Crippen LogP contribution in [-0.4, -0.2) is 49.0 Å². The number of halogens is 5. The van der Waals surface area contributed by atoms with Crippen LogP contribution in [0.4, 0.5) is 22.0 Å². The number of fused-ring (bicyclic) bond motifs is 1. The van der Waals surface area contributed by atoms with Gasteiger partial charge in [0.05, 0.1) is 18.7 Å². The molecule has 1 amide bonds. The molecule has 1 unspecified atom stereocenters. The first-order chi connectivity index (χ1) is 15.8. The highest BCUT2D eigenvalue weighted by molar-refractivity contribution is 6.01. The Bertz CT molecular complexity index is 1120. The molecule has 174 valence electrons. The molecule has 10 heteroatoms. The van der Waals surface area contributed by atoms with Gasteiger partial charge in [-0.1, -0.05) is 12.1 Å². The standard InChI is InChI=1S/C23H18F5NO4/c24-19-15(20(25)22(27)23(28)21(19)26)5-7-18(31)29-8-9-32-12(10-29)11-33-17-3-1-2-13-14(17)4-6-16(13)30/h1-3,5,7,12H,4,6,8-11H2. The van der Waals surface area contributed by atoms with Crippen LogP contribution in [-0.2, 0) is 16.0 Å². The number of nitrogens with zero attached hydrogens (tertiary/aromatic N) is 1. The largest absolute Gasteiger partial charge is 0.491 e. The third-order valence-corrected chi connectivity index (χ3v) is 5.55. The number of rotatable bonds is 5. The lowest BCUT2D eigenvalue weighted by Crippen LogP contribution is -2.47. The quantitative estimate of drug-likeness (QED) is 0.290. The van der Waals surface area contributed by atoms with Gasteiger partial charge in [-0.2, -0.15) is 0 Å². The molecule has 0 N–H and O–H groups in total. The molecule has 0 radical (unpaired) electrons. The fourth-order valence-electron chi connectivity index (χ4n) is 3.82. The normalized spacial score (nSPS) is 18.2. The van der Waals surface area contributed by atoms with Crippen molar-refractivity contribution >= 4 is 17.8 Å². The highest BCUT2D eigenvalue weighted by Gasteiger charge is 2.27. The van der Waals surface area contributed by atoms with E-state index in [1.54, 1.807) is 18.2 Å². The summed E-state index contributed by atoms with van der Waals surface area (Å²) >= 11 is 0. The zero-order valence-corrected chi connectivity index (χ0v) is 17.2. The van der Waals surface area contributed by atoms with Gasteiger partial charge in [0.2, 0.25) is 11.7 Å². The van der Waals surface area contributed by atoms with E-state index in [9.17, 15) is 31.5 Å². The third kappa shape index (κ3) is 4.47. The summed E-state index contributed by atoms with van der Waals surface area (Å²) < 4.78 is 78.8. The minimum absolute atomic E-state index is 0.0571. The average Bonchev–Trinajstić information content (AvgIpc) is 3.21. The first-order valence-electron chi connectivity index (χ1n) is 10.2. The van der Waals surface area contributed by atoms with Crippen molar-refractivity contribution in [2.45, 2.75) is 18.9 Å². The van der Waals surface area contributed by atoms with Gasteiger partial charge in [-0.25, -0.2) is 22.0 Å². The van der Waals surface area contributed by atoms with E-state index in [-0.39, 0.29) is 32.1 Å². The molecule has 0 aromatic heterocycles. The first-order valence-corrected chi connectivity index (χ1v) is 10.2. The summed E-state index contributed by atoms with van der Waals surface area (Å²) in [5.41, 5.74) is 0.268. The summed E-state index contributed by atoms with van der Waals surface area (Å²) in [4.78, 5) is 25.6.